The molecule has 0 saturated heterocycles. The van der Waals surface area contributed by atoms with E-state index in [0.717, 1.165) is 12.1 Å². The highest BCUT2D eigenvalue weighted by Crippen LogP contribution is 2.28. The van der Waals surface area contributed by atoms with Gasteiger partial charge in [-0.25, -0.2) is 5.43 Å². The number of amides is 1. The highest BCUT2D eigenvalue weighted by atomic mass is 19.4. The smallest absolute Gasteiger partial charge is 0.416 e. The Morgan fingerprint density at radius 2 is 1.88 bits per heavy atom. The van der Waals surface area contributed by atoms with Crippen molar-refractivity contribution in [3.05, 3.63) is 65.2 Å². The third-order valence-electron chi connectivity index (χ3n) is 3.01. The summed E-state index contributed by atoms with van der Waals surface area (Å²) in [6, 6.07) is 12.7. The molecule has 0 unspecified atom stereocenters. The Hall–Kier alpha value is -3.34. The largest absolute Gasteiger partial charge is 0.482 e. The third-order valence-corrected chi connectivity index (χ3v) is 3.01. The van der Waals surface area contributed by atoms with Crippen LogP contribution < -0.4 is 10.2 Å². The summed E-state index contributed by atoms with van der Waals surface area (Å²) < 4.78 is 42.5. The number of halogens is 3. The molecule has 0 radical (unpaired) electrons. The molecule has 2 rings (SSSR count). The van der Waals surface area contributed by atoms with Gasteiger partial charge in [-0.05, 0) is 29.8 Å². The fourth-order valence-corrected chi connectivity index (χ4v) is 1.80. The van der Waals surface area contributed by atoms with Crippen LogP contribution in [0.1, 0.15) is 16.7 Å². The molecule has 0 spiro atoms. The fraction of sp³-hybridized carbons (Fsp3) is 0.118. The molecule has 1 N–H and O–H groups in total. The number of alkyl halides is 3. The molecule has 0 aliphatic rings. The van der Waals surface area contributed by atoms with Crippen molar-refractivity contribution in [1.29, 1.82) is 5.26 Å². The summed E-state index contributed by atoms with van der Waals surface area (Å²) in [5, 5.41) is 12.5. The number of nitrogens with zero attached hydrogens (tertiary/aromatic N) is 2. The number of benzene rings is 2. The Labute approximate surface area is 141 Å². The van der Waals surface area contributed by atoms with Gasteiger partial charge in [-0.3, -0.25) is 4.79 Å². The molecule has 0 aromatic heterocycles. The van der Waals surface area contributed by atoms with Gasteiger partial charge in [0, 0.05) is 0 Å². The van der Waals surface area contributed by atoms with E-state index in [1.165, 1.54) is 18.3 Å². The molecule has 2 aromatic rings. The maximum absolute atomic E-state index is 12.4. The number of para-hydroxylation sites is 1. The second-order valence-electron chi connectivity index (χ2n) is 4.81. The summed E-state index contributed by atoms with van der Waals surface area (Å²) >= 11 is 0. The Balaban J connectivity index is 1.85. The van der Waals surface area contributed by atoms with Gasteiger partial charge in [0.15, 0.2) is 6.61 Å². The van der Waals surface area contributed by atoms with E-state index in [1.807, 2.05) is 6.07 Å². The van der Waals surface area contributed by atoms with E-state index in [0.29, 0.717) is 11.1 Å². The predicted octanol–water partition coefficient (Wildman–Crippen LogP) is 3.11. The number of ether oxygens (including phenoxy) is 1. The summed E-state index contributed by atoms with van der Waals surface area (Å²) in [5.41, 5.74) is 2.11. The van der Waals surface area contributed by atoms with Gasteiger partial charge in [0.05, 0.1) is 17.3 Å². The van der Waals surface area contributed by atoms with Crippen molar-refractivity contribution in [1.82, 2.24) is 5.43 Å². The van der Waals surface area contributed by atoms with Gasteiger partial charge in [0.1, 0.15) is 11.8 Å². The zero-order valence-electron chi connectivity index (χ0n) is 12.7. The lowest BCUT2D eigenvalue weighted by Gasteiger charge is -2.06. The minimum Gasteiger partial charge on any atom is -0.482 e. The SMILES string of the molecule is N#Cc1ccccc1OCC(=O)N/N=C/c1ccc(C(F)(F)F)cc1. The number of hydrazone groups is 1. The lowest BCUT2D eigenvalue weighted by Crippen LogP contribution is -2.24. The lowest BCUT2D eigenvalue weighted by atomic mass is 10.1. The van der Waals surface area contributed by atoms with Crippen molar-refractivity contribution >= 4 is 12.1 Å². The van der Waals surface area contributed by atoms with E-state index in [4.69, 9.17) is 10.00 Å². The monoisotopic (exact) mass is 347 g/mol. The van der Waals surface area contributed by atoms with Crippen LogP contribution in [0.5, 0.6) is 5.75 Å². The number of rotatable bonds is 5. The minimum absolute atomic E-state index is 0.270. The summed E-state index contributed by atoms with van der Waals surface area (Å²) in [5.74, 6) is -0.303. The molecule has 2 aromatic carbocycles. The molecular weight excluding hydrogens is 335 g/mol. The standard InChI is InChI=1S/C17H12F3N3O2/c18-17(19,20)14-7-5-12(6-8-14)10-22-23-16(24)11-25-15-4-2-1-3-13(15)9-21/h1-8,10H,11H2,(H,23,24)/b22-10+. The van der Waals surface area contributed by atoms with Crippen molar-refractivity contribution in [2.45, 2.75) is 6.18 Å². The molecule has 1 amide bonds. The number of carbonyl (C=O) groups excluding carboxylic acids is 1. The van der Waals surface area contributed by atoms with E-state index < -0.39 is 17.6 Å². The first-order valence-corrected chi connectivity index (χ1v) is 7.01. The molecule has 25 heavy (non-hydrogen) atoms. The van der Waals surface area contributed by atoms with Crippen LogP contribution in [0.4, 0.5) is 13.2 Å². The first-order chi connectivity index (χ1) is 11.9. The van der Waals surface area contributed by atoms with Gasteiger partial charge in [-0.15, -0.1) is 0 Å². The van der Waals surface area contributed by atoms with Crippen molar-refractivity contribution in [3.63, 3.8) is 0 Å². The van der Waals surface area contributed by atoms with Crippen LogP contribution >= 0.6 is 0 Å². The highest BCUT2D eigenvalue weighted by molar-refractivity contribution is 5.83. The molecule has 0 atom stereocenters. The molecular formula is C17H12F3N3O2. The maximum Gasteiger partial charge on any atom is 0.416 e. The van der Waals surface area contributed by atoms with Gasteiger partial charge < -0.3 is 4.74 Å². The second kappa shape index (κ2) is 7.97. The summed E-state index contributed by atoms with van der Waals surface area (Å²) in [6.45, 7) is -0.358. The molecule has 0 saturated carbocycles. The van der Waals surface area contributed by atoms with Gasteiger partial charge in [-0.2, -0.15) is 23.5 Å². The van der Waals surface area contributed by atoms with Crippen LogP contribution in [-0.2, 0) is 11.0 Å². The predicted molar refractivity (Wildman–Crippen MR) is 83.8 cm³/mol. The molecule has 0 heterocycles. The number of hydrogen-bond donors (Lipinski definition) is 1. The van der Waals surface area contributed by atoms with Gasteiger partial charge in [-0.1, -0.05) is 24.3 Å². The molecule has 8 heteroatoms. The van der Waals surface area contributed by atoms with E-state index in [2.05, 4.69) is 10.5 Å². The third kappa shape index (κ3) is 5.35. The average Bonchev–Trinajstić information content (AvgIpc) is 2.60. The van der Waals surface area contributed by atoms with Crippen LogP contribution in [-0.4, -0.2) is 18.7 Å². The minimum atomic E-state index is -4.40. The van der Waals surface area contributed by atoms with Crippen LogP contribution in [0.2, 0.25) is 0 Å². The maximum atomic E-state index is 12.4. The number of nitrogens with one attached hydrogen (secondary N) is 1. The molecule has 0 aliphatic carbocycles. The first kappa shape index (κ1) is 18.0. The van der Waals surface area contributed by atoms with E-state index in [9.17, 15) is 18.0 Å². The molecule has 0 fully saturated rings. The fourth-order valence-electron chi connectivity index (χ4n) is 1.80. The molecule has 128 valence electrons. The number of nitriles is 1. The van der Waals surface area contributed by atoms with E-state index >= 15 is 0 Å². The Kier molecular flexibility index (Phi) is 5.74. The van der Waals surface area contributed by atoms with Crippen molar-refractivity contribution in [2.75, 3.05) is 6.61 Å². The van der Waals surface area contributed by atoms with Crippen molar-refractivity contribution in [3.8, 4) is 11.8 Å². The first-order valence-electron chi connectivity index (χ1n) is 7.01. The van der Waals surface area contributed by atoms with E-state index in [-0.39, 0.29) is 12.4 Å². The topological polar surface area (TPSA) is 74.5 Å². The normalized spacial score (nSPS) is 11.1. The Morgan fingerprint density at radius 1 is 1.20 bits per heavy atom. The quantitative estimate of drug-likeness (QED) is 0.667. The average molecular weight is 347 g/mol. The molecule has 5 nitrogen and oxygen atoms in total. The van der Waals surface area contributed by atoms with Crippen LogP contribution in [0.3, 0.4) is 0 Å². The summed E-state index contributed by atoms with van der Waals surface area (Å²) in [4.78, 5) is 11.6. The van der Waals surface area contributed by atoms with Crippen LogP contribution in [0, 0.1) is 11.3 Å². The van der Waals surface area contributed by atoms with Gasteiger partial charge in [0.2, 0.25) is 0 Å². The van der Waals surface area contributed by atoms with Crippen molar-refractivity contribution < 1.29 is 22.7 Å². The van der Waals surface area contributed by atoms with Crippen molar-refractivity contribution in [2.24, 2.45) is 5.10 Å². The Bertz CT molecular complexity index is 809. The van der Waals surface area contributed by atoms with Crippen LogP contribution in [0.15, 0.2) is 53.6 Å². The molecule has 0 aliphatic heterocycles. The molecule has 0 bridgehead atoms. The second-order valence-corrected chi connectivity index (χ2v) is 4.81. The summed E-state index contributed by atoms with van der Waals surface area (Å²) in [7, 11) is 0. The van der Waals surface area contributed by atoms with Gasteiger partial charge >= 0.3 is 6.18 Å². The van der Waals surface area contributed by atoms with Crippen LogP contribution in [0.25, 0.3) is 0 Å². The number of hydrogen-bond acceptors (Lipinski definition) is 4. The van der Waals surface area contributed by atoms with Gasteiger partial charge in [0.25, 0.3) is 5.91 Å². The lowest BCUT2D eigenvalue weighted by molar-refractivity contribution is -0.137. The summed E-state index contributed by atoms with van der Waals surface area (Å²) in [6.07, 6.45) is -3.19. The number of carbonyl (C=O) groups is 1. The van der Waals surface area contributed by atoms with E-state index in [1.54, 1.807) is 24.3 Å². The zero-order valence-corrected chi connectivity index (χ0v) is 12.7. The zero-order chi connectivity index (χ0) is 18.3. The highest BCUT2D eigenvalue weighted by Gasteiger charge is 2.29. The Morgan fingerprint density at radius 3 is 2.52 bits per heavy atom.